The van der Waals surface area contributed by atoms with Crippen molar-refractivity contribution < 1.29 is 4.79 Å². The summed E-state index contributed by atoms with van der Waals surface area (Å²) in [6, 6.07) is 21.3. The Morgan fingerprint density at radius 1 is 1.00 bits per heavy atom. The van der Waals surface area contributed by atoms with Crippen LogP contribution in [0.2, 0.25) is 0 Å². The second-order valence-electron chi connectivity index (χ2n) is 7.37. The molecule has 3 heterocycles. The summed E-state index contributed by atoms with van der Waals surface area (Å²) in [5, 5.41) is 8.20. The molecule has 0 spiro atoms. The molecule has 0 bridgehead atoms. The van der Waals surface area contributed by atoms with Gasteiger partial charge in [0.2, 0.25) is 0 Å². The molecule has 0 atom stereocenters. The van der Waals surface area contributed by atoms with Crippen LogP contribution in [0.15, 0.2) is 91.0 Å². The van der Waals surface area contributed by atoms with E-state index in [1.54, 1.807) is 23.2 Å². The summed E-state index contributed by atoms with van der Waals surface area (Å²) in [4.78, 5) is 19.0. The van der Waals surface area contributed by atoms with Crippen LogP contribution >= 0.6 is 12.2 Å². The van der Waals surface area contributed by atoms with Crippen molar-refractivity contribution in [1.29, 1.82) is 0 Å². The maximum atomic E-state index is 13.3. The summed E-state index contributed by atoms with van der Waals surface area (Å²) < 4.78 is 1.80. The number of carbonyl (C=O) groups is 1. The summed E-state index contributed by atoms with van der Waals surface area (Å²) in [5.41, 5.74) is 5.43. The maximum absolute atomic E-state index is 13.3. The molecule has 1 N–H and O–H groups in total. The molecule has 5 rings (SSSR count). The van der Waals surface area contributed by atoms with E-state index in [9.17, 15) is 4.79 Å². The first-order valence-electron chi connectivity index (χ1n) is 10.1. The average Bonchev–Trinajstić information content (AvgIpc) is 3.36. The summed E-state index contributed by atoms with van der Waals surface area (Å²) in [5.74, 6) is -0.200. The molecule has 6 nitrogen and oxygen atoms in total. The van der Waals surface area contributed by atoms with Gasteiger partial charge in [-0.3, -0.25) is 14.7 Å². The van der Waals surface area contributed by atoms with Crippen molar-refractivity contribution in [2.45, 2.75) is 6.92 Å². The highest BCUT2D eigenvalue weighted by Gasteiger charge is 2.33. The molecule has 7 heteroatoms. The van der Waals surface area contributed by atoms with Gasteiger partial charge in [0.05, 0.1) is 11.4 Å². The third kappa shape index (κ3) is 3.59. The van der Waals surface area contributed by atoms with E-state index in [4.69, 9.17) is 17.3 Å². The highest BCUT2D eigenvalue weighted by atomic mass is 32.1. The SMILES string of the molecule is Cc1ccccc1N1C(=O)/C(=C\c2cn(-c3ccccc3)nc2-c2cccnc2)NC1=S. The Bertz CT molecular complexity index is 1350. The number of para-hydroxylation sites is 2. The number of benzene rings is 2. The lowest BCUT2D eigenvalue weighted by atomic mass is 10.1. The third-order valence-corrected chi connectivity index (χ3v) is 5.52. The molecular weight excluding hydrogens is 418 g/mol. The number of rotatable bonds is 4. The zero-order valence-corrected chi connectivity index (χ0v) is 18.1. The highest BCUT2D eigenvalue weighted by molar-refractivity contribution is 7.80. The van der Waals surface area contributed by atoms with Gasteiger partial charge in [0.1, 0.15) is 11.4 Å². The lowest BCUT2D eigenvalue weighted by Gasteiger charge is -2.16. The molecule has 1 amide bonds. The fourth-order valence-corrected chi connectivity index (χ4v) is 3.95. The van der Waals surface area contributed by atoms with E-state index in [1.165, 1.54) is 4.90 Å². The number of anilines is 1. The number of amides is 1. The van der Waals surface area contributed by atoms with Crippen molar-refractivity contribution in [3.05, 3.63) is 102 Å². The van der Waals surface area contributed by atoms with Gasteiger partial charge < -0.3 is 5.32 Å². The number of carbonyl (C=O) groups excluding carboxylic acids is 1. The predicted octanol–water partition coefficient (Wildman–Crippen LogP) is 4.50. The topological polar surface area (TPSA) is 63.1 Å². The van der Waals surface area contributed by atoms with Gasteiger partial charge in [0, 0.05) is 29.7 Å². The van der Waals surface area contributed by atoms with Crippen LogP contribution in [-0.2, 0) is 4.79 Å². The van der Waals surface area contributed by atoms with Crippen LogP contribution in [0.4, 0.5) is 5.69 Å². The van der Waals surface area contributed by atoms with Crippen LogP contribution < -0.4 is 10.2 Å². The number of aryl methyl sites for hydroxylation is 1. The first-order chi connectivity index (χ1) is 15.6. The second kappa shape index (κ2) is 8.20. The van der Waals surface area contributed by atoms with Crippen LogP contribution in [0.25, 0.3) is 23.0 Å². The van der Waals surface area contributed by atoms with Gasteiger partial charge in [-0.05, 0) is 61.1 Å². The summed E-state index contributed by atoms with van der Waals surface area (Å²) in [7, 11) is 0. The number of nitrogens with zero attached hydrogens (tertiary/aromatic N) is 4. The second-order valence-corrected chi connectivity index (χ2v) is 7.76. The lowest BCUT2D eigenvalue weighted by molar-refractivity contribution is -0.113. The van der Waals surface area contributed by atoms with Gasteiger partial charge in [-0.1, -0.05) is 36.4 Å². The number of hydrogen-bond acceptors (Lipinski definition) is 4. The number of pyridine rings is 1. The zero-order chi connectivity index (χ0) is 22.1. The molecular formula is C25H19N5OS. The molecule has 2 aromatic carbocycles. The summed E-state index contributed by atoms with van der Waals surface area (Å²) in [6.45, 7) is 1.96. The van der Waals surface area contributed by atoms with E-state index in [0.29, 0.717) is 10.8 Å². The molecule has 156 valence electrons. The Hall–Kier alpha value is -4.10. The standard InChI is InChI=1S/C25H19N5OS/c1-17-8-5-6-12-22(17)30-24(31)21(27-25(30)32)14-19-16-29(20-10-3-2-4-11-20)28-23(19)18-9-7-13-26-15-18/h2-16H,1H3,(H,27,32)/b21-14+. The lowest BCUT2D eigenvalue weighted by Crippen LogP contribution is -2.30. The molecule has 1 aliphatic rings. The monoisotopic (exact) mass is 437 g/mol. The van der Waals surface area contributed by atoms with E-state index < -0.39 is 0 Å². The Kier molecular flexibility index (Phi) is 5.09. The molecule has 4 aromatic rings. The summed E-state index contributed by atoms with van der Waals surface area (Å²) in [6.07, 6.45) is 7.17. The van der Waals surface area contributed by atoms with E-state index in [-0.39, 0.29) is 5.91 Å². The van der Waals surface area contributed by atoms with Crippen molar-refractivity contribution in [1.82, 2.24) is 20.1 Å². The molecule has 1 fully saturated rings. The molecule has 0 unspecified atom stereocenters. The van der Waals surface area contributed by atoms with Gasteiger partial charge in [0.25, 0.3) is 5.91 Å². The van der Waals surface area contributed by atoms with Crippen molar-refractivity contribution in [3.63, 3.8) is 0 Å². The average molecular weight is 438 g/mol. The normalized spacial score (nSPS) is 14.8. The minimum absolute atomic E-state index is 0.200. The fourth-order valence-electron chi connectivity index (χ4n) is 3.66. The Balaban J connectivity index is 1.59. The fraction of sp³-hybridized carbons (Fsp3) is 0.0400. The molecule has 32 heavy (non-hydrogen) atoms. The van der Waals surface area contributed by atoms with E-state index in [2.05, 4.69) is 10.3 Å². The van der Waals surface area contributed by atoms with E-state index in [0.717, 1.165) is 33.8 Å². The molecule has 0 aliphatic carbocycles. The molecule has 2 aromatic heterocycles. The smallest absolute Gasteiger partial charge is 0.281 e. The number of thiocarbonyl (C=S) groups is 1. The van der Waals surface area contributed by atoms with E-state index >= 15 is 0 Å². The van der Waals surface area contributed by atoms with Gasteiger partial charge in [-0.25, -0.2) is 4.68 Å². The Morgan fingerprint density at radius 3 is 2.53 bits per heavy atom. The van der Waals surface area contributed by atoms with Crippen LogP contribution in [0.1, 0.15) is 11.1 Å². The van der Waals surface area contributed by atoms with Crippen molar-refractivity contribution in [2.75, 3.05) is 4.90 Å². The number of hydrogen-bond donors (Lipinski definition) is 1. The first-order valence-corrected chi connectivity index (χ1v) is 10.5. The zero-order valence-electron chi connectivity index (χ0n) is 17.3. The Labute approximate surface area is 190 Å². The van der Waals surface area contributed by atoms with Gasteiger partial charge >= 0.3 is 0 Å². The first kappa shape index (κ1) is 19.8. The van der Waals surface area contributed by atoms with Gasteiger partial charge in [-0.2, -0.15) is 5.10 Å². The predicted molar refractivity (Wildman–Crippen MR) is 129 cm³/mol. The van der Waals surface area contributed by atoms with Crippen LogP contribution in [0.5, 0.6) is 0 Å². The number of nitrogens with one attached hydrogen (secondary N) is 1. The largest absolute Gasteiger partial charge is 0.327 e. The minimum Gasteiger partial charge on any atom is -0.327 e. The number of aromatic nitrogens is 3. The Morgan fingerprint density at radius 2 is 1.78 bits per heavy atom. The molecule has 1 saturated heterocycles. The van der Waals surface area contributed by atoms with Crippen molar-refractivity contribution >= 4 is 35.0 Å². The van der Waals surface area contributed by atoms with Crippen LogP contribution in [-0.4, -0.2) is 25.8 Å². The summed E-state index contributed by atoms with van der Waals surface area (Å²) >= 11 is 5.48. The highest BCUT2D eigenvalue weighted by Crippen LogP contribution is 2.28. The van der Waals surface area contributed by atoms with Gasteiger partial charge in [-0.15, -0.1) is 0 Å². The molecule has 0 radical (unpaired) electrons. The molecule has 0 saturated carbocycles. The van der Waals surface area contributed by atoms with Crippen molar-refractivity contribution in [3.8, 4) is 16.9 Å². The van der Waals surface area contributed by atoms with Crippen molar-refractivity contribution in [2.24, 2.45) is 0 Å². The van der Waals surface area contributed by atoms with Crippen LogP contribution in [0, 0.1) is 6.92 Å². The van der Waals surface area contributed by atoms with E-state index in [1.807, 2.05) is 79.9 Å². The maximum Gasteiger partial charge on any atom is 0.281 e. The molecule has 1 aliphatic heterocycles. The third-order valence-electron chi connectivity index (χ3n) is 5.23. The van der Waals surface area contributed by atoms with Crippen LogP contribution in [0.3, 0.4) is 0 Å². The quantitative estimate of drug-likeness (QED) is 0.376. The van der Waals surface area contributed by atoms with Gasteiger partial charge in [0.15, 0.2) is 5.11 Å². The minimum atomic E-state index is -0.200.